The molecule has 1 aromatic carbocycles. The van der Waals surface area contributed by atoms with E-state index in [1.54, 1.807) is 19.2 Å². The third-order valence-corrected chi connectivity index (χ3v) is 3.54. The number of aryl methyl sites for hydroxylation is 1. The lowest BCUT2D eigenvalue weighted by Gasteiger charge is -2.01. The van der Waals surface area contributed by atoms with E-state index in [0.717, 1.165) is 5.69 Å². The number of anilines is 1. The van der Waals surface area contributed by atoms with Gasteiger partial charge in [-0.3, -0.25) is 0 Å². The van der Waals surface area contributed by atoms with Crippen molar-refractivity contribution >= 4 is 39.7 Å². The first-order valence-electron chi connectivity index (χ1n) is 4.98. The van der Waals surface area contributed by atoms with Crippen LogP contribution in [0.5, 0.6) is 0 Å². The van der Waals surface area contributed by atoms with Crippen LogP contribution in [0.15, 0.2) is 27.9 Å². The highest BCUT2D eigenvalue weighted by Gasteiger charge is 2.08. The zero-order valence-electron chi connectivity index (χ0n) is 9.36. The molecule has 94 valence electrons. The molecule has 18 heavy (non-hydrogen) atoms. The predicted octanol–water partition coefficient (Wildman–Crippen LogP) is 3.21. The maximum Gasteiger partial charge on any atom is 0.221 e. The molecule has 4 nitrogen and oxygen atoms in total. The molecular formula is C11H9BrClFN4. The normalized spacial score (nSPS) is 11.3. The lowest BCUT2D eigenvalue weighted by molar-refractivity contribution is 0.619. The van der Waals surface area contributed by atoms with Crippen molar-refractivity contribution < 1.29 is 4.39 Å². The van der Waals surface area contributed by atoms with Crippen LogP contribution in [0, 0.1) is 12.7 Å². The number of benzene rings is 1. The molecule has 0 bridgehead atoms. The third-order valence-electron chi connectivity index (χ3n) is 2.22. The van der Waals surface area contributed by atoms with E-state index in [9.17, 15) is 4.39 Å². The van der Waals surface area contributed by atoms with E-state index >= 15 is 0 Å². The van der Waals surface area contributed by atoms with Crippen LogP contribution in [-0.2, 0) is 0 Å². The number of halogens is 3. The van der Waals surface area contributed by atoms with Gasteiger partial charge in [0, 0.05) is 5.56 Å². The second kappa shape index (κ2) is 5.07. The van der Waals surface area contributed by atoms with Gasteiger partial charge in [0.05, 0.1) is 27.6 Å². The lowest BCUT2D eigenvalue weighted by Crippen LogP contribution is -1.98. The van der Waals surface area contributed by atoms with Gasteiger partial charge in [-0.2, -0.15) is 5.10 Å². The molecule has 2 rings (SSSR count). The average molecular weight is 332 g/mol. The molecule has 0 fully saturated rings. The molecular weight excluding hydrogens is 323 g/mol. The Bertz CT molecular complexity index is 624. The van der Waals surface area contributed by atoms with E-state index in [1.807, 2.05) is 0 Å². The number of nitrogens with zero attached hydrogens (tertiary/aromatic N) is 3. The van der Waals surface area contributed by atoms with Crippen molar-refractivity contribution in [3.05, 3.63) is 44.9 Å². The monoisotopic (exact) mass is 330 g/mol. The Morgan fingerprint density at radius 2 is 2.28 bits per heavy atom. The summed E-state index contributed by atoms with van der Waals surface area (Å²) in [7, 11) is 0. The van der Waals surface area contributed by atoms with E-state index in [4.69, 9.17) is 17.3 Å². The van der Waals surface area contributed by atoms with Gasteiger partial charge in [-0.15, -0.1) is 0 Å². The number of imidazole rings is 1. The lowest BCUT2D eigenvalue weighted by atomic mass is 10.2. The van der Waals surface area contributed by atoms with Crippen molar-refractivity contribution in [1.82, 2.24) is 9.66 Å². The van der Waals surface area contributed by atoms with E-state index < -0.39 is 5.82 Å². The molecule has 7 heteroatoms. The first-order chi connectivity index (χ1) is 8.49. The third kappa shape index (κ3) is 2.54. The van der Waals surface area contributed by atoms with Crippen molar-refractivity contribution in [2.45, 2.75) is 6.92 Å². The van der Waals surface area contributed by atoms with E-state index in [-0.39, 0.29) is 10.4 Å². The van der Waals surface area contributed by atoms with Crippen LogP contribution < -0.4 is 5.73 Å². The zero-order chi connectivity index (χ0) is 13.3. The number of hydrogen-bond donors (Lipinski definition) is 1. The minimum atomic E-state index is -0.471. The maximum atomic E-state index is 13.8. The summed E-state index contributed by atoms with van der Waals surface area (Å²) >= 11 is 8.83. The summed E-state index contributed by atoms with van der Waals surface area (Å²) in [4.78, 5) is 3.98. The van der Waals surface area contributed by atoms with E-state index in [0.29, 0.717) is 10.6 Å². The quantitative estimate of drug-likeness (QED) is 0.678. The molecule has 1 heterocycles. The van der Waals surface area contributed by atoms with Crippen LogP contribution >= 0.6 is 27.5 Å². The second-order valence-electron chi connectivity index (χ2n) is 3.59. The van der Waals surface area contributed by atoms with Crippen LogP contribution in [0.3, 0.4) is 0 Å². The van der Waals surface area contributed by atoms with E-state index in [1.165, 1.54) is 17.0 Å². The highest BCUT2D eigenvalue weighted by atomic mass is 79.9. The molecule has 0 saturated carbocycles. The van der Waals surface area contributed by atoms with Gasteiger partial charge in [0.1, 0.15) is 5.82 Å². The first kappa shape index (κ1) is 13.0. The molecule has 0 unspecified atom stereocenters. The molecule has 0 spiro atoms. The first-order valence-corrected chi connectivity index (χ1v) is 6.15. The second-order valence-corrected chi connectivity index (χ2v) is 4.79. The van der Waals surface area contributed by atoms with Crippen molar-refractivity contribution in [3.8, 4) is 0 Å². The fourth-order valence-corrected chi connectivity index (χ4v) is 1.87. The average Bonchev–Trinajstić information content (AvgIpc) is 2.64. The van der Waals surface area contributed by atoms with Crippen LogP contribution in [0.25, 0.3) is 0 Å². The van der Waals surface area contributed by atoms with Crippen LogP contribution in [0.4, 0.5) is 10.3 Å². The summed E-state index contributed by atoms with van der Waals surface area (Å²) in [6.07, 6.45) is 3.00. The Hall–Kier alpha value is -1.40. The number of aromatic nitrogens is 2. The number of rotatable bonds is 2. The SMILES string of the molecule is Cc1cn(N=Cc2ccc(Cl)c(Br)c2F)c(N)n1. The van der Waals surface area contributed by atoms with Crippen molar-refractivity contribution in [1.29, 1.82) is 0 Å². The van der Waals surface area contributed by atoms with Crippen LogP contribution in [-0.4, -0.2) is 15.9 Å². The number of nitrogens with two attached hydrogens (primary N) is 1. The highest BCUT2D eigenvalue weighted by molar-refractivity contribution is 9.10. The molecule has 2 N–H and O–H groups in total. The van der Waals surface area contributed by atoms with Gasteiger partial charge < -0.3 is 5.73 Å². The Labute approximate surface area is 116 Å². The van der Waals surface area contributed by atoms with Crippen molar-refractivity contribution in [3.63, 3.8) is 0 Å². The Balaban J connectivity index is 2.35. The molecule has 0 aliphatic rings. The van der Waals surface area contributed by atoms with Gasteiger partial charge >= 0.3 is 0 Å². The molecule has 2 aromatic rings. The van der Waals surface area contributed by atoms with Crippen molar-refractivity contribution in [2.24, 2.45) is 5.10 Å². The van der Waals surface area contributed by atoms with Gasteiger partial charge in [0.25, 0.3) is 0 Å². The minimum absolute atomic E-state index is 0.211. The molecule has 1 aromatic heterocycles. The molecule has 0 saturated heterocycles. The molecule has 0 amide bonds. The molecule has 0 atom stereocenters. The Morgan fingerprint density at radius 3 is 2.89 bits per heavy atom. The minimum Gasteiger partial charge on any atom is -0.368 e. The highest BCUT2D eigenvalue weighted by Crippen LogP contribution is 2.26. The fourth-order valence-electron chi connectivity index (χ4n) is 1.36. The largest absolute Gasteiger partial charge is 0.368 e. The molecule has 0 aliphatic carbocycles. The zero-order valence-corrected chi connectivity index (χ0v) is 11.7. The van der Waals surface area contributed by atoms with E-state index in [2.05, 4.69) is 26.0 Å². The predicted molar refractivity (Wildman–Crippen MR) is 73.5 cm³/mol. The molecule has 0 radical (unpaired) electrons. The van der Waals surface area contributed by atoms with Crippen molar-refractivity contribution in [2.75, 3.05) is 5.73 Å². The van der Waals surface area contributed by atoms with Crippen LogP contribution in [0.2, 0.25) is 5.02 Å². The smallest absolute Gasteiger partial charge is 0.221 e. The van der Waals surface area contributed by atoms with Gasteiger partial charge in [0.15, 0.2) is 0 Å². The maximum absolute atomic E-state index is 13.8. The van der Waals surface area contributed by atoms with Crippen LogP contribution in [0.1, 0.15) is 11.3 Å². The standard InChI is InChI=1S/C11H9BrClFN4/c1-6-5-18(11(15)17-6)16-4-7-2-3-8(13)9(12)10(7)14/h2-5H,1H3,(H2,15,17). The number of hydrogen-bond acceptors (Lipinski definition) is 3. The van der Waals surface area contributed by atoms with Gasteiger partial charge in [-0.05, 0) is 35.0 Å². The summed E-state index contributed by atoms with van der Waals surface area (Å²) in [6.45, 7) is 1.79. The summed E-state index contributed by atoms with van der Waals surface area (Å²) < 4.78 is 15.4. The summed E-state index contributed by atoms with van der Waals surface area (Å²) in [5.41, 5.74) is 6.65. The van der Waals surface area contributed by atoms with Gasteiger partial charge in [0.2, 0.25) is 5.95 Å². The van der Waals surface area contributed by atoms with Gasteiger partial charge in [-0.25, -0.2) is 14.1 Å². The molecule has 0 aliphatic heterocycles. The van der Waals surface area contributed by atoms with Gasteiger partial charge in [-0.1, -0.05) is 11.6 Å². The fraction of sp³-hybridized carbons (Fsp3) is 0.0909. The topological polar surface area (TPSA) is 56.2 Å². The Kier molecular flexibility index (Phi) is 3.68. The summed E-state index contributed by atoms with van der Waals surface area (Å²) in [6, 6.07) is 3.12. The number of nitrogen functional groups attached to an aromatic ring is 1. The summed E-state index contributed by atoms with van der Waals surface area (Å²) in [5, 5.41) is 4.34. The summed E-state index contributed by atoms with van der Waals surface area (Å²) in [5.74, 6) is -0.223. The Morgan fingerprint density at radius 1 is 1.56 bits per heavy atom.